The average molecular weight is 552 g/mol. The number of para-hydroxylation sites is 1. The topological polar surface area (TPSA) is 90.4 Å². The van der Waals surface area contributed by atoms with Crippen LogP contribution in [0.5, 0.6) is 0 Å². The minimum atomic E-state index is -1.09. The highest BCUT2D eigenvalue weighted by Crippen LogP contribution is 2.63. The van der Waals surface area contributed by atoms with Crippen LogP contribution >= 0.6 is 0 Å². The molecular weight excluding hydrogens is 506 g/mol. The summed E-state index contributed by atoms with van der Waals surface area (Å²) >= 11 is 0. The second kappa shape index (κ2) is 11.9. The number of fused-ring (bicyclic) bond motifs is 1. The van der Waals surface area contributed by atoms with Crippen molar-refractivity contribution in [2.75, 3.05) is 37.7 Å². The van der Waals surface area contributed by atoms with Crippen molar-refractivity contribution in [1.29, 1.82) is 0 Å². The van der Waals surface area contributed by atoms with Gasteiger partial charge in [-0.15, -0.1) is 13.2 Å². The lowest BCUT2D eigenvalue weighted by Gasteiger charge is -2.37. The number of amides is 3. The Hall–Kier alpha value is -2.97. The third-order valence-electron chi connectivity index (χ3n) is 9.03. The van der Waals surface area contributed by atoms with Gasteiger partial charge < -0.3 is 24.5 Å². The average Bonchev–Trinajstić information content (AvgIpc) is 3.48. The van der Waals surface area contributed by atoms with Gasteiger partial charge in [0.1, 0.15) is 11.6 Å². The van der Waals surface area contributed by atoms with Crippen molar-refractivity contribution in [3.05, 3.63) is 54.6 Å². The smallest absolute Gasteiger partial charge is 0.253 e. The van der Waals surface area contributed by atoms with Crippen molar-refractivity contribution < 1.29 is 24.2 Å². The summed E-state index contributed by atoms with van der Waals surface area (Å²) < 4.78 is 6.82. The van der Waals surface area contributed by atoms with Gasteiger partial charge in [0, 0.05) is 38.5 Å². The molecule has 3 aliphatic heterocycles. The Morgan fingerprint density at radius 2 is 1.80 bits per heavy atom. The molecule has 3 heterocycles. The van der Waals surface area contributed by atoms with Gasteiger partial charge in [0.05, 0.1) is 17.4 Å². The predicted molar refractivity (Wildman–Crippen MR) is 156 cm³/mol. The highest BCUT2D eigenvalue weighted by atomic mass is 16.5. The molecule has 3 aliphatic rings. The summed E-state index contributed by atoms with van der Waals surface area (Å²) in [4.78, 5) is 48.3. The zero-order chi connectivity index (χ0) is 29.2. The molecule has 8 heteroatoms. The van der Waals surface area contributed by atoms with Gasteiger partial charge in [-0.05, 0) is 64.0 Å². The maximum atomic E-state index is 14.7. The van der Waals surface area contributed by atoms with Gasteiger partial charge in [0.25, 0.3) is 5.91 Å². The van der Waals surface area contributed by atoms with E-state index in [-0.39, 0.29) is 30.9 Å². The van der Waals surface area contributed by atoms with E-state index >= 15 is 0 Å². The fourth-order valence-corrected chi connectivity index (χ4v) is 7.43. The van der Waals surface area contributed by atoms with E-state index < -0.39 is 29.1 Å². The number of benzene rings is 1. The Labute approximate surface area is 238 Å². The highest BCUT2D eigenvalue weighted by molar-refractivity contribution is 6.05. The lowest BCUT2D eigenvalue weighted by molar-refractivity contribution is -0.149. The second-order valence-electron chi connectivity index (χ2n) is 11.7. The number of aliphatic hydroxyl groups is 1. The van der Waals surface area contributed by atoms with Gasteiger partial charge in [-0.1, -0.05) is 37.3 Å². The molecule has 4 rings (SSSR count). The molecule has 1 aromatic rings. The first-order valence-corrected chi connectivity index (χ1v) is 14.6. The second-order valence-corrected chi connectivity index (χ2v) is 11.7. The molecule has 8 nitrogen and oxygen atoms in total. The van der Waals surface area contributed by atoms with Crippen LogP contribution in [0.4, 0.5) is 5.69 Å². The lowest BCUT2D eigenvalue weighted by Crippen LogP contribution is -2.57. The minimum Gasteiger partial charge on any atom is -0.396 e. The zero-order valence-corrected chi connectivity index (χ0v) is 24.5. The summed E-state index contributed by atoms with van der Waals surface area (Å²) in [6.07, 6.45) is 6.38. The molecule has 0 saturated carbocycles. The van der Waals surface area contributed by atoms with Crippen LogP contribution in [0.3, 0.4) is 0 Å². The van der Waals surface area contributed by atoms with E-state index in [1.807, 2.05) is 45.9 Å². The molecule has 1 spiro atoms. The molecule has 40 heavy (non-hydrogen) atoms. The van der Waals surface area contributed by atoms with Gasteiger partial charge in [-0.3, -0.25) is 14.4 Å². The van der Waals surface area contributed by atoms with E-state index in [2.05, 4.69) is 13.2 Å². The largest absolute Gasteiger partial charge is 0.396 e. The Morgan fingerprint density at radius 3 is 2.40 bits per heavy atom. The molecule has 0 aliphatic carbocycles. The maximum Gasteiger partial charge on any atom is 0.253 e. The molecule has 2 unspecified atom stereocenters. The Morgan fingerprint density at radius 1 is 1.12 bits per heavy atom. The van der Waals surface area contributed by atoms with Gasteiger partial charge in [-0.25, -0.2) is 0 Å². The van der Waals surface area contributed by atoms with Crippen LogP contribution in [-0.4, -0.2) is 82.7 Å². The van der Waals surface area contributed by atoms with Crippen LogP contribution in [0.1, 0.15) is 57.1 Å². The SMILES string of the molecule is C=CCN(CCC)C(=O)[C@H]1[C@H]2C(=O)N(CCCCO)C(C(=O)N(CC=C)c3c(C)cccc3C)C23CC[C@]1(C)O3. The molecule has 3 saturated heterocycles. The monoisotopic (exact) mass is 551 g/mol. The molecule has 5 atom stereocenters. The summed E-state index contributed by atoms with van der Waals surface area (Å²) in [6, 6.07) is 5.03. The molecule has 3 fully saturated rings. The van der Waals surface area contributed by atoms with Crippen LogP contribution in [0, 0.1) is 25.7 Å². The van der Waals surface area contributed by atoms with Crippen LogP contribution < -0.4 is 4.90 Å². The third-order valence-corrected chi connectivity index (χ3v) is 9.03. The molecular formula is C32H45N3O5. The Balaban J connectivity index is 1.82. The molecule has 218 valence electrons. The predicted octanol–water partition coefficient (Wildman–Crippen LogP) is 3.78. The number of hydrogen-bond donors (Lipinski definition) is 1. The number of aryl methyl sites for hydroxylation is 2. The van der Waals surface area contributed by atoms with Crippen molar-refractivity contribution >= 4 is 23.4 Å². The number of ether oxygens (including phenoxy) is 1. The van der Waals surface area contributed by atoms with E-state index in [4.69, 9.17) is 4.74 Å². The summed E-state index contributed by atoms with van der Waals surface area (Å²) in [5, 5.41) is 9.45. The van der Waals surface area contributed by atoms with Crippen molar-refractivity contribution in [3.63, 3.8) is 0 Å². The molecule has 2 bridgehead atoms. The molecule has 0 aromatic heterocycles. The molecule has 3 amide bonds. The first-order chi connectivity index (χ1) is 19.1. The zero-order valence-electron chi connectivity index (χ0n) is 24.5. The summed E-state index contributed by atoms with van der Waals surface area (Å²) in [5.41, 5.74) is 0.794. The molecule has 1 aromatic carbocycles. The van der Waals surface area contributed by atoms with Crippen molar-refractivity contribution in [2.45, 2.75) is 77.0 Å². The van der Waals surface area contributed by atoms with Crippen molar-refractivity contribution in [1.82, 2.24) is 9.80 Å². The van der Waals surface area contributed by atoms with Crippen LogP contribution in [0.25, 0.3) is 0 Å². The van der Waals surface area contributed by atoms with Crippen LogP contribution in [0.2, 0.25) is 0 Å². The lowest BCUT2D eigenvalue weighted by atomic mass is 9.66. The molecule has 1 N–H and O–H groups in total. The van der Waals surface area contributed by atoms with Gasteiger partial charge in [0.15, 0.2) is 0 Å². The fraction of sp³-hybridized carbons (Fsp3) is 0.594. The number of anilines is 1. The molecule has 0 radical (unpaired) electrons. The van der Waals surface area contributed by atoms with Crippen molar-refractivity contribution in [3.8, 4) is 0 Å². The maximum absolute atomic E-state index is 14.7. The van der Waals surface area contributed by atoms with E-state index in [1.165, 1.54) is 0 Å². The number of nitrogens with zero attached hydrogens (tertiary/aromatic N) is 3. The number of aliphatic hydroxyl groups excluding tert-OH is 1. The number of rotatable bonds is 13. The van der Waals surface area contributed by atoms with E-state index in [9.17, 15) is 19.5 Å². The van der Waals surface area contributed by atoms with Crippen molar-refractivity contribution in [2.24, 2.45) is 11.8 Å². The first kappa shape index (κ1) is 30.0. The Kier molecular flexibility index (Phi) is 8.90. The summed E-state index contributed by atoms with van der Waals surface area (Å²) in [7, 11) is 0. The quantitative estimate of drug-likeness (QED) is 0.298. The third kappa shape index (κ3) is 4.79. The van der Waals surface area contributed by atoms with E-state index in [0.717, 1.165) is 23.2 Å². The van der Waals surface area contributed by atoms with E-state index in [0.29, 0.717) is 45.3 Å². The first-order valence-electron chi connectivity index (χ1n) is 14.6. The minimum absolute atomic E-state index is 0.00339. The summed E-state index contributed by atoms with van der Waals surface area (Å²) in [6.45, 7) is 17.2. The number of carbonyl (C=O) groups excluding carboxylic acids is 3. The number of hydrogen-bond acceptors (Lipinski definition) is 5. The highest BCUT2D eigenvalue weighted by Gasteiger charge is 2.78. The van der Waals surface area contributed by atoms with Crippen LogP contribution in [-0.2, 0) is 19.1 Å². The van der Waals surface area contributed by atoms with Crippen LogP contribution in [0.15, 0.2) is 43.5 Å². The Bertz CT molecular complexity index is 1150. The standard InChI is InChI=1S/C32H45N3O5/c1-7-17-33(18-8-2)28(37)24-25-29(38)35(20-10-11-21-36)27(32(25)16-15-31(24,6)40-32)30(39)34(19-9-3)26-22(4)13-12-14-23(26)5/h7,9,12-14,24-25,27,36H,1,3,8,10-11,15-21H2,2,4-6H3/t24-,25+,27?,31+,32?/m1/s1. The normalized spacial score (nSPS) is 28.5. The van der Waals surface area contributed by atoms with E-state index in [1.54, 1.807) is 26.9 Å². The number of carbonyl (C=O) groups is 3. The number of likely N-dealkylation sites (tertiary alicyclic amines) is 1. The van der Waals surface area contributed by atoms with Gasteiger partial charge >= 0.3 is 0 Å². The van der Waals surface area contributed by atoms with Gasteiger partial charge in [-0.2, -0.15) is 0 Å². The summed E-state index contributed by atoms with van der Waals surface area (Å²) in [5.74, 6) is -1.94. The van der Waals surface area contributed by atoms with Gasteiger partial charge in [0.2, 0.25) is 11.8 Å². The fourth-order valence-electron chi connectivity index (χ4n) is 7.43. The number of unbranched alkanes of at least 4 members (excludes halogenated alkanes) is 1.